The first-order valence-electron chi connectivity index (χ1n) is 16.8. The van der Waals surface area contributed by atoms with Gasteiger partial charge in [0.25, 0.3) is 0 Å². The van der Waals surface area contributed by atoms with E-state index in [4.69, 9.17) is 42.7 Å². The number of hydrogen-bond donors (Lipinski definition) is 0. The van der Waals surface area contributed by atoms with Crippen LogP contribution < -0.4 is 20.2 Å². The Morgan fingerprint density at radius 2 is 0.833 bits per heavy atom. The monoisotopic (exact) mass is 680 g/mol. The first-order chi connectivity index (χ1) is 23.5. The van der Waals surface area contributed by atoms with Crippen LogP contribution in [0.4, 0.5) is 11.4 Å². The molecule has 2 aromatic heterocycles. The molecular weight excluding hydrogens is 639 g/mol. The molecule has 0 N–H and O–H groups in total. The number of fused-ring (bicyclic) bond motifs is 10. The molecule has 0 saturated heterocycles. The van der Waals surface area contributed by atoms with Gasteiger partial charge in [-0.05, 0) is 24.3 Å². The highest BCUT2D eigenvalue weighted by Crippen LogP contribution is 2.46. The molecule has 48 heavy (non-hydrogen) atoms. The molecule has 8 heteroatoms. The van der Waals surface area contributed by atoms with Crippen LogP contribution in [0.25, 0.3) is 43.6 Å². The summed E-state index contributed by atoms with van der Waals surface area (Å²) >= 11 is 13.9. The van der Waals surface area contributed by atoms with Gasteiger partial charge in [0.05, 0.1) is 11.0 Å². The molecule has 6 nitrogen and oxygen atoms in total. The van der Waals surface area contributed by atoms with E-state index in [1.807, 2.05) is 118 Å². The first kappa shape index (κ1) is 34.8. The van der Waals surface area contributed by atoms with Crippen molar-refractivity contribution in [2.45, 2.75) is 55.4 Å². The van der Waals surface area contributed by atoms with E-state index in [-0.39, 0.29) is 0 Å². The molecule has 0 amide bonds. The minimum absolute atomic E-state index is 0.310. The van der Waals surface area contributed by atoms with Crippen LogP contribution in [0.5, 0.6) is 23.0 Å². The summed E-state index contributed by atoms with van der Waals surface area (Å²) in [6.07, 6.45) is 0. The van der Waals surface area contributed by atoms with Crippen LogP contribution in [0.2, 0.25) is 10.0 Å². The Labute approximate surface area is 291 Å². The van der Waals surface area contributed by atoms with Gasteiger partial charge in [0.1, 0.15) is 32.1 Å². The van der Waals surface area contributed by atoms with Gasteiger partial charge >= 0.3 is 0 Å². The molecule has 0 atom stereocenters. The summed E-state index contributed by atoms with van der Waals surface area (Å²) in [6.45, 7) is 16.0. The van der Waals surface area contributed by atoms with Crippen molar-refractivity contribution in [3.05, 3.63) is 93.6 Å². The highest BCUT2D eigenvalue weighted by atomic mass is 35.5. The van der Waals surface area contributed by atoms with Gasteiger partial charge in [-0.3, -0.25) is 0 Å². The summed E-state index contributed by atoms with van der Waals surface area (Å²) < 4.78 is 17.1. The fourth-order valence-corrected chi connectivity index (χ4v) is 6.67. The van der Waals surface area contributed by atoms with Gasteiger partial charge in [-0.25, -0.2) is 9.98 Å². The van der Waals surface area contributed by atoms with E-state index in [0.717, 1.165) is 43.6 Å². The second-order valence-electron chi connectivity index (χ2n) is 10.2. The van der Waals surface area contributed by atoms with Crippen LogP contribution >= 0.6 is 23.2 Å². The van der Waals surface area contributed by atoms with Crippen LogP contribution in [0.15, 0.2) is 82.8 Å². The average Bonchev–Trinajstić information content (AvgIpc) is 3.60. The van der Waals surface area contributed by atoms with Crippen molar-refractivity contribution >= 4 is 78.2 Å². The summed E-state index contributed by atoms with van der Waals surface area (Å²) in [5, 5.41) is 5.96. The van der Waals surface area contributed by atoms with E-state index in [1.165, 1.54) is 0 Å². The van der Waals surface area contributed by atoms with Crippen molar-refractivity contribution < 1.29 is 9.47 Å². The third kappa shape index (κ3) is 5.28. The summed E-state index contributed by atoms with van der Waals surface area (Å²) in [5.41, 5.74) is 5.71. The zero-order valence-electron chi connectivity index (χ0n) is 29.3. The van der Waals surface area contributed by atoms with Crippen LogP contribution in [-0.2, 0) is 14.1 Å². The fourth-order valence-electron chi connectivity index (χ4n) is 6.16. The molecule has 0 spiro atoms. The second kappa shape index (κ2) is 14.3. The molecule has 248 valence electrons. The van der Waals surface area contributed by atoms with E-state index in [0.29, 0.717) is 55.1 Å². The Hall–Kier alpha value is -4.52. The summed E-state index contributed by atoms with van der Waals surface area (Å²) in [7, 11) is 4.09. The van der Waals surface area contributed by atoms with Crippen molar-refractivity contribution in [3.8, 4) is 23.0 Å². The normalized spacial score (nSPS) is 11.6. The van der Waals surface area contributed by atoms with Crippen molar-refractivity contribution in [2.75, 3.05) is 0 Å². The van der Waals surface area contributed by atoms with E-state index < -0.39 is 0 Å². The predicted molar refractivity (Wildman–Crippen MR) is 204 cm³/mol. The van der Waals surface area contributed by atoms with E-state index in [2.05, 4.69) is 33.4 Å². The predicted octanol–water partition coefficient (Wildman–Crippen LogP) is 12.5. The van der Waals surface area contributed by atoms with Crippen LogP contribution in [0.3, 0.4) is 0 Å². The zero-order valence-corrected chi connectivity index (χ0v) is 30.8. The molecular formula is C40H42Cl2N4O2. The van der Waals surface area contributed by atoms with Gasteiger partial charge in [-0.15, -0.1) is 0 Å². The van der Waals surface area contributed by atoms with Crippen LogP contribution in [0, 0.1) is 0 Å². The lowest BCUT2D eigenvalue weighted by Crippen LogP contribution is -2.22. The van der Waals surface area contributed by atoms with Gasteiger partial charge in [-0.1, -0.05) is 115 Å². The van der Waals surface area contributed by atoms with Gasteiger partial charge in [0.15, 0.2) is 23.0 Å². The lowest BCUT2D eigenvalue weighted by Gasteiger charge is -2.21. The summed E-state index contributed by atoms with van der Waals surface area (Å²) in [4.78, 5) is 9.83. The van der Waals surface area contributed by atoms with Gasteiger partial charge < -0.3 is 18.6 Å². The molecule has 4 heterocycles. The van der Waals surface area contributed by atoms with Crippen molar-refractivity contribution in [3.63, 3.8) is 0 Å². The van der Waals surface area contributed by atoms with Crippen LogP contribution in [-0.4, -0.2) is 9.13 Å². The standard InChI is InChI=1S/C32H18Cl2N4O2.4C2H6/c1-37-21-9-5-3-7-15(21)17-11-19-25(13-23(17)37)39-31-27(33)30-32(28(34)29(31)35-19)40-26-14-24-18(12-20(26)36-30)16-8-4-6-10-22(16)38(24)2;4*1-2/h3-14H,1-2H3;4*1-2H3. The maximum absolute atomic E-state index is 6.95. The molecule has 0 bridgehead atoms. The number of hydrogen-bond acceptors (Lipinski definition) is 4. The third-order valence-corrected chi connectivity index (χ3v) is 8.82. The number of benzene rings is 5. The summed E-state index contributed by atoms with van der Waals surface area (Å²) in [6, 6.07) is 24.7. The van der Waals surface area contributed by atoms with E-state index in [9.17, 15) is 0 Å². The number of ether oxygens (including phenoxy) is 2. The highest BCUT2D eigenvalue weighted by Gasteiger charge is 2.28. The van der Waals surface area contributed by atoms with Crippen LogP contribution in [0.1, 0.15) is 55.4 Å². The average molecular weight is 682 g/mol. The molecule has 0 radical (unpaired) electrons. The quantitative estimate of drug-likeness (QED) is 0.160. The Morgan fingerprint density at radius 3 is 1.21 bits per heavy atom. The molecule has 0 saturated carbocycles. The number of halogens is 2. The largest absolute Gasteiger partial charge is 0.451 e. The molecule has 2 aliphatic rings. The lowest BCUT2D eigenvalue weighted by molar-refractivity contribution is 0.452. The molecule has 7 aromatic rings. The molecule has 2 aliphatic heterocycles. The lowest BCUT2D eigenvalue weighted by atomic mass is 10.1. The number of para-hydroxylation sites is 2. The topological polar surface area (TPSA) is 53.0 Å². The fraction of sp³-hybridized carbons (Fsp3) is 0.250. The molecule has 5 aromatic carbocycles. The summed E-state index contributed by atoms with van der Waals surface area (Å²) in [5.74, 6) is 1.97. The molecule has 0 unspecified atom stereocenters. The first-order valence-corrected chi connectivity index (χ1v) is 17.6. The Bertz CT molecular complexity index is 2270. The smallest absolute Gasteiger partial charge is 0.175 e. The maximum Gasteiger partial charge on any atom is 0.175 e. The molecule has 9 rings (SSSR count). The van der Waals surface area contributed by atoms with Crippen molar-refractivity contribution in [1.82, 2.24) is 9.13 Å². The van der Waals surface area contributed by atoms with E-state index in [1.54, 1.807) is 0 Å². The Morgan fingerprint density at radius 1 is 0.479 bits per heavy atom. The number of rotatable bonds is 0. The number of nitrogens with zero attached hydrogens (tertiary/aromatic N) is 4. The van der Waals surface area contributed by atoms with Gasteiger partial charge in [-0.2, -0.15) is 0 Å². The van der Waals surface area contributed by atoms with Crippen molar-refractivity contribution in [2.24, 2.45) is 24.1 Å². The van der Waals surface area contributed by atoms with Crippen molar-refractivity contribution in [1.29, 1.82) is 0 Å². The third-order valence-electron chi connectivity index (χ3n) is 8.12. The zero-order chi connectivity index (χ0) is 34.9. The maximum atomic E-state index is 6.95. The highest BCUT2D eigenvalue weighted by molar-refractivity contribution is 6.35. The Kier molecular flexibility index (Phi) is 10.4. The number of aromatic nitrogens is 2. The minimum Gasteiger partial charge on any atom is -0.451 e. The van der Waals surface area contributed by atoms with Gasteiger partial charge in [0.2, 0.25) is 0 Å². The number of aryl methyl sites for hydroxylation is 2. The SMILES string of the molecule is CC.CC.CC.CC.Cn1c2ccccc2c2cc3c(cc21)Oc1c(Cl)c2c(c(Cl)c1=N3)Oc1cc3c(cc1N=2)c1ccccc1n3C. The minimum atomic E-state index is 0.310. The second-order valence-corrected chi connectivity index (χ2v) is 11.0. The molecule has 0 aliphatic carbocycles. The van der Waals surface area contributed by atoms with Gasteiger partial charge in [0, 0.05) is 58.8 Å². The van der Waals surface area contributed by atoms with E-state index >= 15 is 0 Å². The molecule has 0 fully saturated rings. The Balaban J connectivity index is 0.000000528.